The maximum atomic E-state index is 12.8. The van der Waals surface area contributed by atoms with E-state index < -0.39 is 22.7 Å². The van der Waals surface area contributed by atoms with Crippen molar-refractivity contribution in [1.29, 1.82) is 0 Å². The van der Waals surface area contributed by atoms with E-state index in [4.69, 9.17) is 0 Å². The molecule has 1 unspecified atom stereocenters. The van der Waals surface area contributed by atoms with Crippen molar-refractivity contribution in [3.05, 3.63) is 35.6 Å². The standard InChI is InChI=1S/C9H5BrF6/c10-7(8(12,13)9(14,15)16)5-1-3-6(11)4-2-5/h1-4,7H. The van der Waals surface area contributed by atoms with Crippen LogP contribution in [0.4, 0.5) is 26.3 Å². The van der Waals surface area contributed by atoms with Gasteiger partial charge in [-0.15, -0.1) is 0 Å². The molecular formula is C9H5BrF6. The highest BCUT2D eigenvalue weighted by atomic mass is 79.9. The molecule has 0 fully saturated rings. The average molecular weight is 307 g/mol. The molecule has 0 aliphatic heterocycles. The van der Waals surface area contributed by atoms with Gasteiger partial charge in [0.25, 0.3) is 0 Å². The van der Waals surface area contributed by atoms with E-state index in [0.717, 1.165) is 24.3 Å². The fourth-order valence-electron chi connectivity index (χ4n) is 0.985. The molecule has 0 nitrogen and oxygen atoms in total. The zero-order valence-electron chi connectivity index (χ0n) is 7.53. The molecule has 90 valence electrons. The summed E-state index contributed by atoms with van der Waals surface area (Å²) in [6.07, 6.45) is -5.66. The zero-order valence-corrected chi connectivity index (χ0v) is 9.12. The van der Waals surface area contributed by atoms with Gasteiger partial charge in [-0.1, -0.05) is 28.1 Å². The van der Waals surface area contributed by atoms with Crippen molar-refractivity contribution in [1.82, 2.24) is 0 Å². The minimum absolute atomic E-state index is 0.344. The van der Waals surface area contributed by atoms with Crippen LogP contribution in [0, 0.1) is 5.82 Å². The monoisotopic (exact) mass is 306 g/mol. The lowest BCUT2D eigenvalue weighted by Gasteiger charge is -2.24. The molecule has 1 atom stereocenters. The van der Waals surface area contributed by atoms with E-state index in [-0.39, 0.29) is 5.56 Å². The lowest BCUT2D eigenvalue weighted by Crippen LogP contribution is -2.39. The molecule has 1 aromatic rings. The van der Waals surface area contributed by atoms with Crippen molar-refractivity contribution in [2.75, 3.05) is 0 Å². The van der Waals surface area contributed by atoms with Gasteiger partial charge in [-0.05, 0) is 17.7 Å². The lowest BCUT2D eigenvalue weighted by atomic mass is 10.1. The van der Waals surface area contributed by atoms with Crippen LogP contribution in [-0.2, 0) is 0 Å². The highest BCUT2D eigenvalue weighted by Crippen LogP contribution is 2.48. The molecule has 0 saturated carbocycles. The van der Waals surface area contributed by atoms with Crippen molar-refractivity contribution in [3.63, 3.8) is 0 Å². The Morgan fingerprint density at radius 1 is 0.938 bits per heavy atom. The van der Waals surface area contributed by atoms with Gasteiger partial charge in [0.05, 0.1) is 0 Å². The van der Waals surface area contributed by atoms with Crippen molar-refractivity contribution >= 4 is 15.9 Å². The number of benzene rings is 1. The van der Waals surface area contributed by atoms with Crippen LogP contribution in [0.1, 0.15) is 10.4 Å². The molecule has 7 heteroatoms. The number of hydrogen-bond acceptors (Lipinski definition) is 0. The van der Waals surface area contributed by atoms with Crippen molar-refractivity contribution < 1.29 is 26.3 Å². The minimum Gasteiger partial charge on any atom is -0.207 e. The Kier molecular flexibility index (Phi) is 3.56. The van der Waals surface area contributed by atoms with Gasteiger partial charge in [0.1, 0.15) is 10.6 Å². The Labute approximate surface area is 95.4 Å². The van der Waals surface area contributed by atoms with Crippen LogP contribution in [0.25, 0.3) is 0 Å². The van der Waals surface area contributed by atoms with E-state index in [1.54, 1.807) is 0 Å². The summed E-state index contributed by atoms with van der Waals surface area (Å²) < 4.78 is 74.1. The maximum Gasteiger partial charge on any atom is 0.454 e. The minimum atomic E-state index is -5.66. The number of halogens is 7. The molecule has 1 rings (SSSR count). The summed E-state index contributed by atoms with van der Waals surface area (Å²) in [5.41, 5.74) is -0.344. The molecule has 0 bridgehead atoms. The van der Waals surface area contributed by atoms with Crippen LogP contribution in [0.5, 0.6) is 0 Å². The van der Waals surface area contributed by atoms with Crippen molar-refractivity contribution in [3.8, 4) is 0 Å². The topological polar surface area (TPSA) is 0 Å². The molecule has 0 aliphatic carbocycles. The molecule has 0 heterocycles. The molecule has 0 saturated heterocycles. The van der Waals surface area contributed by atoms with Crippen LogP contribution < -0.4 is 0 Å². The highest BCUT2D eigenvalue weighted by molar-refractivity contribution is 9.09. The Balaban J connectivity index is 3.02. The normalized spacial score (nSPS) is 14.9. The second kappa shape index (κ2) is 4.27. The third-order valence-electron chi connectivity index (χ3n) is 1.86. The second-order valence-electron chi connectivity index (χ2n) is 3.03. The first kappa shape index (κ1) is 13.3. The van der Waals surface area contributed by atoms with Crippen LogP contribution in [0.2, 0.25) is 0 Å². The predicted molar refractivity (Wildman–Crippen MR) is 49.1 cm³/mol. The maximum absolute atomic E-state index is 12.8. The van der Waals surface area contributed by atoms with Crippen LogP contribution in [-0.4, -0.2) is 12.1 Å². The SMILES string of the molecule is Fc1ccc(C(Br)C(F)(F)C(F)(F)F)cc1. The molecule has 1 aromatic carbocycles. The third kappa shape index (κ3) is 2.50. The largest absolute Gasteiger partial charge is 0.454 e. The quantitative estimate of drug-likeness (QED) is 0.559. The summed E-state index contributed by atoms with van der Waals surface area (Å²) in [5, 5.41) is 0. The highest BCUT2D eigenvalue weighted by Gasteiger charge is 2.62. The van der Waals surface area contributed by atoms with E-state index in [9.17, 15) is 26.3 Å². The Morgan fingerprint density at radius 3 is 1.75 bits per heavy atom. The van der Waals surface area contributed by atoms with Gasteiger partial charge >= 0.3 is 12.1 Å². The number of rotatable bonds is 2. The number of hydrogen-bond donors (Lipinski definition) is 0. The molecule has 16 heavy (non-hydrogen) atoms. The first-order valence-corrected chi connectivity index (χ1v) is 4.92. The summed E-state index contributed by atoms with van der Waals surface area (Å²) in [5.74, 6) is -5.62. The second-order valence-corrected chi connectivity index (χ2v) is 3.95. The third-order valence-corrected chi connectivity index (χ3v) is 2.96. The van der Waals surface area contributed by atoms with Crippen LogP contribution in [0.15, 0.2) is 24.3 Å². The van der Waals surface area contributed by atoms with Gasteiger partial charge in [-0.25, -0.2) is 4.39 Å². The van der Waals surface area contributed by atoms with Gasteiger partial charge in [-0.3, -0.25) is 0 Å². The van der Waals surface area contributed by atoms with E-state index >= 15 is 0 Å². The van der Waals surface area contributed by atoms with Crippen molar-refractivity contribution in [2.45, 2.75) is 16.9 Å². The van der Waals surface area contributed by atoms with Gasteiger partial charge in [0.2, 0.25) is 0 Å². The smallest absolute Gasteiger partial charge is 0.207 e. The van der Waals surface area contributed by atoms with Gasteiger partial charge in [0.15, 0.2) is 0 Å². The van der Waals surface area contributed by atoms with Crippen LogP contribution >= 0.6 is 15.9 Å². The molecule has 0 radical (unpaired) electrons. The number of alkyl halides is 6. The Hall–Kier alpha value is -0.720. The Morgan fingerprint density at radius 2 is 1.38 bits per heavy atom. The van der Waals surface area contributed by atoms with E-state index in [1.807, 2.05) is 0 Å². The van der Waals surface area contributed by atoms with E-state index in [1.165, 1.54) is 0 Å². The van der Waals surface area contributed by atoms with Gasteiger partial charge < -0.3 is 0 Å². The lowest BCUT2D eigenvalue weighted by molar-refractivity contribution is -0.281. The summed E-state index contributed by atoms with van der Waals surface area (Å²) in [6.45, 7) is 0. The van der Waals surface area contributed by atoms with E-state index in [2.05, 4.69) is 15.9 Å². The first-order chi connectivity index (χ1) is 7.16. The van der Waals surface area contributed by atoms with Gasteiger partial charge in [-0.2, -0.15) is 22.0 Å². The molecule has 0 aliphatic rings. The van der Waals surface area contributed by atoms with Crippen LogP contribution in [0.3, 0.4) is 0 Å². The molecule has 0 aromatic heterocycles. The summed E-state index contributed by atoms with van der Waals surface area (Å²) in [7, 11) is 0. The Bertz CT molecular complexity index is 355. The molecular weight excluding hydrogens is 302 g/mol. The average Bonchev–Trinajstić information content (AvgIpc) is 2.16. The van der Waals surface area contributed by atoms with E-state index in [0.29, 0.717) is 0 Å². The summed E-state index contributed by atoms with van der Waals surface area (Å²) in [4.78, 5) is -2.24. The first-order valence-electron chi connectivity index (χ1n) is 4.00. The molecule has 0 N–H and O–H groups in total. The predicted octanol–water partition coefficient (Wildman–Crippen LogP) is 4.46. The van der Waals surface area contributed by atoms with Gasteiger partial charge in [0, 0.05) is 0 Å². The summed E-state index contributed by atoms with van der Waals surface area (Å²) in [6, 6.07) is 3.37. The fourth-order valence-corrected chi connectivity index (χ4v) is 1.55. The summed E-state index contributed by atoms with van der Waals surface area (Å²) >= 11 is 2.28. The molecule has 0 spiro atoms. The zero-order chi connectivity index (χ0) is 12.6. The van der Waals surface area contributed by atoms with Crippen molar-refractivity contribution in [2.24, 2.45) is 0 Å². The fraction of sp³-hybridized carbons (Fsp3) is 0.333. The molecule has 0 amide bonds.